The molecule has 9 nitrogen and oxygen atoms in total. The molecule has 1 aliphatic carbocycles. The van der Waals surface area contributed by atoms with E-state index in [1.165, 1.54) is 12.6 Å². The van der Waals surface area contributed by atoms with Crippen molar-refractivity contribution in [3.8, 4) is 11.3 Å². The molecule has 2 N–H and O–H groups in total. The molecule has 0 radical (unpaired) electrons. The third-order valence-electron chi connectivity index (χ3n) is 11.0. The number of nitrogens with zero attached hydrogens (tertiary/aromatic N) is 6. The Kier molecular flexibility index (Phi) is 6.95. The molecule has 240 valence electrons. The Balaban J connectivity index is 1.19. The highest BCUT2D eigenvalue weighted by molar-refractivity contribution is 6.09. The minimum atomic E-state index is -0.473. The van der Waals surface area contributed by atoms with Gasteiger partial charge in [0.25, 0.3) is 0 Å². The number of likely N-dealkylation sites (tertiary alicyclic amines) is 1. The number of fused-ring (bicyclic) bond motifs is 3. The molecule has 4 aliphatic rings. The molecule has 3 aliphatic heterocycles. The lowest BCUT2D eigenvalue weighted by Gasteiger charge is -2.46. The number of imidazole rings is 1. The summed E-state index contributed by atoms with van der Waals surface area (Å²) in [6, 6.07) is 10.9. The summed E-state index contributed by atoms with van der Waals surface area (Å²) in [6.45, 7) is 12.9. The molecule has 0 bridgehead atoms. The number of aromatic nitrogens is 4. The number of carbonyl (C=O) groups is 1. The minimum Gasteiger partial charge on any atom is -0.336 e. The van der Waals surface area contributed by atoms with E-state index in [1.54, 1.807) is 12.3 Å². The van der Waals surface area contributed by atoms with Gasteiger partial charge in [0, 0.05) is 42.1 Å². The van der Waals surface area contributed by atoms with Crippen LogP contribution in [0.2, 0.25) is 0 Å². The van der Waals surface area contributed by atoms with Crippen LogP contribution in [0.1, 0.15) is 71.4 Å². The molecule has 1 spiro atoms. The van der Waals surface area contributed by atoms with Gasteiger partial charge in [0.2, 0.25) is 5.91 Å². The predicted octanol–water partition coefficient (Wildman–Crippen LogP) is 6.19. The predicted molar refractivity (Wildman–Crippen MR) is 179 cm³/mol. The van der Waals surface area contributed by atoms with Crippen LogP contribution in [-0.2, 0) is 10.2 Å². The third kappa shape index (κ3) is 4.71. The Labute approximate surface area is 269 Å². The Bertz CT molecular complexity index is 1820. The standard InChI is InChI=1S/C36H43FN8O/c1-22(2)44-21-40-30-18-29(42-33(32(30)44)41-28-7-11-39-19-27(28)37)23-5-6-26-31(15-23)45(34(46)36(26)8-12-38-13-9-36)25-16-24(17-25)43-14-10-35(3,4)20-43/h5-7,11,15,18-19,21-22,24-25,38H,8-10,12-14,16-17,20H2,1-4H3,(H,39,41,42)/t24-,25+. The van der Waals surface area contributed by atoms with Crippen LogP contribution in [0.4, 0.5) is 21.6 Å². The molecule has 1 saturated carbocycles. The summed E-state index contributed by atoms with van der Waals surface area (Å²) in [5, 5.41) is 6.70. The van der Waals surface area contributed by atoms with Crippen molar-refractivity contribution in [2.75, 3.05) is 36.4 Å². The van der Waals surface area contributed by atoms with Gasteiger partial charge < -0.3 is 20.1 Å². The smallest absolute Gasteiger partial charge is 0.238 e. The van der Waals surface area contributed by atoms with Crippen molar-refractivity contribution >= 4 is 34.1 Å². The summed E-state index contributed by atoms with van der Waals surface area (Å²) in [7, 11) is 0. The Hall–Kier alpha value is -3.89. The molecular weight excluding hydrogens is 579 g/mol. The molecule has 2 saturated heterocycles. The van der Waals surface area contributed by atoms with Crippen molar-refractivity contribution in [2.24, 2.45) is 5.41 Å². The van der Waals surface area contributed by atoms with Gasteiger partial charge in [-0.05, 0) is 94.8 Å². The zero-order valence-corrected chi connectivity index (χ0v) is 27.2. The second-order valence-electron chi connectivity index (χ2n) is 14.9. The molecule has 3 fully saturated rings. The number of hydrogen-bond acceptors (Lipinski definition) is 7. The van der Waals surface area contributed by atoms with E-state index in [2.05, 4.69) is 71.3 Å². The molecule has 1 amide bonds. The molecule has 1 aromatic carbocycles. The van der Waals surface area contributed by atoms with Crippen LogP contribution in [0, 0.1) is 11.2 Å². The van der Waals surface area contributed by atoms with Gasteiger partial charge in [0.05, 0.1) is 34.8 Å². The highest BCUT2D eigenvalue weighted by Gasteiger charge is 2.55. The van der Waals surface area contributed by atoms with Crippen molar-refractivity contribution in [3.05, 3.63) is 60.4 Å². The van der Waals surface area contributed by atoms with Crippen LogP contribution in [-0.4, -0.2) is 68.6 Å². The SMILES string of the molecule is CC(C)n1cnc2cc(-c3ccc4c(c3)N([C@H]3C[C@@H](N5CCC(C)(C)C5)C3)C(=O)C43CCNCC3)nc(Nc3ccncc3F)c21. The van der Waals surface area contributed by atoms with Crippen LogP contribution in [0.3, 0.4) is 0 Å². The molecule has 0 atom stereocenters. The van der Waals surface area contributed by atoms with Crippen molar-refractivity contribution < 1.29 is 9.18 Å². The molecule has 3 aromatic heterocycles. The van der Waals surface area contributed by atoms with Gasteiger partial charge >= 0.3 is 0 Å². The number of amides is 1. The van der Waals surface area contributed by atoms with Gasteiger partial charge in [-0.1, -0.05) is 26.0 Å². The minimum absolute atomic E-state index is 0.138. The maximum Gasteiger partial charge on any atom is 0.238 e. The van der Waals surface area contributed by atoms with E-state index in [-0.39, 0.29) is 18.0 Å². The van der Waals surface area contributed by atoms with Crippen molar-refractivity contribution in [1.29, 1.82) is 0 Å². The molecule has 0 unspecified atom stereocenters. The molecule has 46 heavy (non-hydrogen) atoms. The van der Waals surface area contributed by atoms with Gasteiger partial charge in [-0.3, -0.25) is 14.7 Å². The van der Waals surface area contributed by atoms with Crippen LogP contribution < -0.4 is 15.5 Å². The maximum atomic E-state index is 14.7. The van der Waals surface area contributed by atoms with E-state index >= 15 is 0 Å². The van der Waals surface area contributed by atoms with E-state index in [0.717, 1.165) is 85.4 Å². The third-order valence-corrected chi connectivity index (χ3v) is 11.0. The summed E-state index contributed by atoms with van der Waals surface area (Å²) >= 11 is 0. The Morgan fingerprint density at radius 2 is 1.87 bits per heavy atom. The number of halogens is 1. The fourth-order valence-corrected chi connectivity index (χ4v) is 8.27. The fraction of sp³-hybridized carbons (Fsp3) is 0.500. The van der Waals surface area contributed by atoms with E-state index < -0.39 is 11.2 Å². The number of nitrogens with one attached hydrogen (secondary N) is 2. The molecular formula is C36H43FN8O. The molecule has 4 aromatic rings. The fourth-order valence-electron chi connectivity index (χ4n) is 8.27. The van der Waals surface area contributed by atoms with E-state index in [1.807, 2.05) is 17.0 Å². The lowest BCUT2D eigenvalue weighted by Crippen LogP contribution is -2.57. The largest absolute Gasteiger partial charge is 0.336 e. The molecule has 10 heteroatoms. The average molecular weight is 623 g/mol. The number of rotatable bonds is 6. The number of carbonyl (C=O) groups excluding carboxylic acids is 1. The topological polar surface area (TPSA) is 91.2 Å². The lowest BCUT2D eigenvalue weighted by atomic mass is 9.74. The normalized spacial score (nSPS) is 23.8. The Morgan fingerprint density at radius 1 is 1.07 bits per heavy atom. The van der Waals surface area contributed by atoms with E-state index in [0.29, 0.717) is 23.0 Å². The highest BCUT2D eigenvalue weighted by atomic mass is 19.1. The van der Waals surface area contributed by atoms with Gasteiger partial charge in [-0.2, -0.15) is 0 Å². The second-order valence-corrected chi connectivity index (χ2v) is 14.9. The van der Waals surface area contributed by atoms with Crippen LogP contribution in [0.25, 0.3) is 22.3 Å². The average Bonchev–Trinajstić information content (AvgIpc) is 3.68. The zero-order valence-electron chi connectivity index (χ0n) is 27.2. The molecule has 8 rings (SSSR count). The summed E-state index contributed by atoms with van der Waals surface area (Å²) < 4.78 is 16.8. The number of anilines is 3. The first-order valence-electron chi connectivity index (χ1n) is 16.8. The van der Waals surface area contributed by atoms with Crippen molar-refractivity contribution in [3.63, 3.8) is 0 Å². The van der Waals surface area contributed by atoms with Crippen LogP contribution in [0.5, 0.6) is 0 Å². The van der Waals surface area contributed by atoms with Crippen LogP contribution in [0.15, 0.2) is 49.1 Å². The number of hydrogen-bond donors (Lipinski definition) is 2. The maximum absolute atomic E-state index is 14.7. The zero-order chi connectivity index (χ0) is 31.8. The van der Waals surface area contributed by atoms with Gasteiger partial charge in [0.1, 0.15) is 5.52 Å². The van der Waals surface area contributed by atoms with Crippen molar-refractivity contribution in [1.82, 2.24) is 29.7 Å². The first-order chi connectivity index (χ1) is 22.1. The first kappa shape index (κ1) is 29.5. The van der Waals surface area contributed by atoms with Gasteiger partial charge in [-0.15, -0.1) is 0 Å². The molecule has 6 heterocycles. The van der Waals surface area contributed by atoms with E-state index in [4.69, 9.17) is 9.97 Å². The summed E-state index contributed by atoms with van der Waals surface area (Å²) in [5.41, 5.74) is 5.60. The Morgan fingerprint density at radius 3 is 2.59 bits per heavy atom. The summed E-state index contributed by atoms with van der Waals surface area (Å²) in [5.74, 6) is 0.345. The van der Waals surface area contributed by atoms with Crippen LogP contribution >= 0.6 is 0 Å². The number of benzene rings is 1. The first-order valence-corrected chi connectivity index (χ1v) is 16.8. The quantitative estimate of drug-likeness (QED) is 0.265. The monoisotopic (exact) mass is 622 g/mol. The summed E-state index contributed by atoms with van der Waals surface area (Å²) in [6.07, 6.45) is 9.46. The van der Waals surface area contributed by atoms with E-state index in [9.17, 15) is 9.18 Å². The lowest BCUT2D eigenvalue weighted by molar-refractivity contribution is -0.125. The second kappa shape index (κ2) is 10.8. The van der Waals surface area contributed by atoms with Gasteiger partial charge in [0.15, 0.2) is 11.6 Å². The number of piperidine rings is 1. The summed E-state index contributed by atoms with van der Waals surface area (Å²) in [4.78, 5) is 33.0. The van der Waals surface area contributed by atoms with Gasteiger partial charge in [-0.25, -0.2) is 14.4 Å². The van der Waals surface area contributed by atoms with Crippen molar-refractivity contribution in [2.45, 2.75) is 83.3 Å². The highest BCUT2D eigenvalue weighted by Crippen LogP contribution is 2.52. The number of pyridine rings is 2.